The van der Waals surface area contributed by atoms with Crippen LogP contribution in [-0.4, -0.2) is 39.2 Å². The molecule has 0 aliphatic heterocycles. The van der Waals surface area contributed by atoms with E-state index in [1.54, 1.807) is 0 Å². The molecule has 6 heteroatoms. The Kier molecular flexibility index (Phi) is 4.66. The molecule has 0 atom stereocenters. The van der Waals surface area contributed by atoms with Crippen molar-refractivity contribution in [1.29, 1.82) is 0 Å². The first-order valence-corrected chi connectivity index (χ1v) is 8.49. The molecule has 0 amide bonds. The van der Waals surface area contributed by atoms with Gasteiger partial charge in [0.05, 0.1) is 0 Å². The van der Waals surface area contributed by atoms with Gasteiger partial charge in [-0.3, -0.25) is 0 Å². The topological polar surface area (TPSA) is 12.0 Å². The first kappa shape index (κ1) is 16.6. The van der Waals surface area contributed by atoms with Crippen molar-refractivity contribution in [3.63, 3.8) is 0 Å². The van der Waals surface area contributed by atoms with Crippen LogP contribution in [0.15, 0.2) is 54.6 Å². The van der Waals surface area contributed by atoms with Crippen molar-refractivity contribution in [3.05, 3.63) is 54.6 Å². The molecule has 0 bridgehead atoms. The number of hydrogen-bond donors (Lipinski definition) is 1. The number of para-hydroxylation sites is 1. The van der Waals surface area contributed by atoms with Crippen molar-refractivity contribution in [2.45, 2.75) is 0 Å². The zero-order chi connectivity index (χ0) is 17.3. The Morgan fingerprint density at radius 2 is 1.04 bits per heavy atom. The van der Waals surface area contributed by atoms with Gasteiger partial charge in [-0.2, -0.15) is 0 Å². The lowest BCUT2D eigenvalue weighted by Crippen LogP contribution is -2.55. The van der Waals surface area contributed by atoms with Gasteiger partial charge in [-0.1, -0.05) is 70.4 Å². The maximum Gasteiger partial charge on any atom is 0.141 e. The van der Waals surface area contributed by atoms with Crippen LogP contribution in [0.25, 0.3) is 11.1 Å². The summed E-state index contributed by atoms with van der Waals surface area (Å²) in [5, 5.41) is 3.72. The van der Waals surface area contributed by atoms with Gasteiger partial charge in [-0.25, -0.2) is 0 Å². The van der Waals surface area contributed by atoms with Crippen LogP contribution in [0, 0.1) is 0 Å². The van der Waals surface area contributed by atoms with Gasteiger partial charge < -0.3 is 5.32 Å². The van der Waals surface area contributed by atoms with Crippen molar-refractivity contribution >= 4 is 77.9 Å². The molecular weight excluding hydrogens is 284 g/mol. The molecule has 3 aromatic rings. The predicted molar refractivity (Wildman–Crippen MR) is 122 cm³/mol. The Labute approximate surface area is 149 Å². The van der Waals surface area contributed by atoms with Crippen LogP contribution in [0.2, 0.25) is 0 Å². The minimum Gasteiger partial charge on any atom is -0.356 e. The highest BCUT2D eigenvalue weighted by molar-refractivity contribution is 6.68. The van der Waals surface area contributed by atoms with Gasteiger partial charge in [0.15, 0.2) is 0 Å². The summed E-state index contributed by atoms with van der Waals surface area (Å²) in [5.41, 5.74) is 11.7. The van der Waals surface area contributed by atoms with E-state index in [4.69, 9.17) is 0 Å². The molecule has 3 rings (SSSR count). The molecule has 0 saturated heterocycles. The van der Waals surface area contributed by atoms with Crippen LogP contribution in [0.1, 0.15) is 0 Å². The summed E-state index contributed by atoms with van der Waals surface area (Å²) in [6.45, 7) is 0. The third-order valence-corrected chi connectivity index (χ3v) is 5.27. The largest absolute Gasteiger partial charge is 0.356 e. The molecule has 0 spiro atoms. The highest BCUT2D eigenvalue weighted by Crippen LogP contribution is 2.28. The average molecular weight is 304 g/mol. The standard InChI is InChI=1S/C18H20B5N/c19-13-14(20)16(22)18(17(23)15(13)21)24-12-9-5-4-8-11(12)10-6-2-1-3-7-10/h1-9,24H,19-23H2. The smallest absolute Gasteiger partial charge is 0.141 e. The Balaban J connectivity index is 2.12. The number of hydrogen-bond acceptors (Lipinski definition) is 1. The molecule has 1 nitrogen and oxygen atoms in total. The molecule has 0 fully saturated rings. The van der Waals surface area contributed by atoms with E-state index in [9.17, 15) is 0 Å². The molecule has 0 aliphatic rings. The predicted octanol–water partition coefficient (Wildman–Crippen LogP) is -3.61. The minimum atomic E-state index is 1.15. The van der Waals surface area contributed by atoms with Crippen LogP contribution in [-0.2, 0) is 0 Å². The molecule has 24 heavy (non-hydrogen) atoms. The monoisotopic (exact) mass is 305 g/mol. The van der Waals surface area contributed by atoms with E-state index in [1.807, 2.05) is 0 Å². The second-order valence-corrected chi connectivity index (χ2v) is 6.54. The number of rotatable bonds is 3. The Morgan fingerprint density at radius 1 is 0.542 bits per heavy atom. The lowest BCUT2D eigenvalue weighted by molar-refractivity contribution is 1.56. The summed E-state index contributed by atoms with van der Waals surface area (Å²) >= 11 is 0. The molecule has 0 heterocycles. The van der Waals surface area contributed by atoms with Gasteiger partial charge in [-0.05, 0) is 11.6 Å². The third kappa shape index (κ3) is 2.93. The van der Waals surface area contributed by atoms with Gasteiger partial charge >= 0.3 is 0 Å². The summed E-state index contributed by atoms with van der Waals surface area (Å²) in [4.78, 5) is 0. The van der Waals surface area contributed by atoms with E-state index in [1.165, 1.54) is 44.1 Å². The molecule has 0 saturated carbocycles. The second-order valence-electron chi connectivity index (χ2n) is 6.54. The van der Waals surface area contributed by atoms with E-state index in [2.05, 4.69) is 99.1 Å². The van der Waals surface area contributed by atoms with E-state index in [-0.39, 0.29) is 0 Å². The maximum absolute atomic E-state index is 3.72. The van der Waals surface area contributed by atoms with Crippen molar-refractivity contribution in [2.24, 2.45) is 0 Å². The lowest BCUT2D eigenvalue weighted by Gasteiger charge is -2.22. The Bertz CT molecular complexity index is 864. The summed E-state index contributed by atoms with van der Waals surface area (Å²) < 4.78 is 0. The summed E-state index contributed by atoms with van der Waals surface area (Å²) in [7, 11) is 11.1. The molecule has 0 aliphatic carbocycles. The first-order chi connectivity index (χ1) is 11.5. The fraction of sp³-hybridized carbons (Fsp3) is 0. The van der Waals surface area contributed by atoms with Crippen molar-refractivity contribution in [1.82, 2.24) is 0 Å². The van der Waals surface area contributed by atoms with Gasteiger partial charge in [0, 0.05) is 16.9 Å². The van der Waals surface area contributed by atoms with Crippen LogP contribution in [0.3, 0.4) is 0 Å². The zero-order valence-electron chi connectivity index (χ0n) is 15.2. The first-order valence-electron chi connectivity index (χ1n) is 8.49. The third-order valence-electron chi connectivity index (χ3n) is 5.27. The van der Waals surface area contributed by atoms with Crippen LogP contribution >= 0.6 is 0 Å². The zero-order valence-corrected chi connectivity index (χ0v) is 15.2. The van der Waals surface area contributed by atoms with Crippen LogP contribution in [0.4, 0.5) is 11.4 Å². The number of benzene rings is 3. The SMILES string of the molecule is Bc1c(B)c(B)c(Nc2ccccc2-c2ccccc2)c(B)c1B. The van der Waals surface area contributed by atoms with E-state index >= 15 is 0 Å². The number of anilines is 2. The molecule has 3 aromatic carbocycles. The fourth-order valence-electron chi connectivity index (χ4n) is 3.28. The maximum atomic E-state index is 3.72. The molecule has 0 radical (unpaired) electrons. The highest BCUT2D eigenvalue weighted by Gasteiger charge is 2.13. The van der Waals surface area contributed by atoms with Crippen molar-refractivity contribution in [2.75, 3.05) is 5.32 Å². The summed E-state index contributed by atoms with van der Waals surface area (Å²) in [6.07, 6.45) is 0. The summed E-state index contributed by atoms with van der Waals surface area (Å²) in [6, 6.07) is 19.1. The number of nitrogens with one attached hydrogen (secondary N) is 1. The summed E-state index contributed by atoms with van der Waals surface area (Å²) in [5.74, 6) is 0. The van der Waals surface area contributed by atoms with Crippen LogP contribution in [0.5, 0.6) is 0 Å². The Hall–Kier alpha value is -2.22. The quantitative estimate of drug-likeness (QED) is 0.493. The van der Waals surface area contributed by atoms with Crippen LogP contribution < -0.4 is 32.6 Å². The minimum absolute atomic E-state index is 1.15. The fourth-order valence-corrected chi connectivity index (χ4v) is 3.28. The lowest BCUT2D eigenvalue weighted by atomic mass is 9.61. The van der Waals surface area contributed by atoms with E-state index < -0.39 is 0 Å². The molecule has 112 valence electrons. The molecule has 1 N–H and O–H groups in total. The second kappa shape index (κ2) is 6.72. The Morgan fingerprint density at radius 3 is 1.67 bits per heavy atom. The van der Waals surface area contributed by atoms with Crippen molar-refractivity contribution in [3.8, 4) is 11.1 Å². The van der Waals surface area contributed by atoms with Crippen molar-refractivity contribution < 1.29 is 0 Å². The van der Waals surface area contributed by atoms with Gasteiger partial charge in [-0.15, -0.1) is 5.46 Å². The van der Waals surface area contributed by atoms with Gasteiger partial charge in [0.25, 0.3) is 0 Å². The van der Waals surface area contributed by atoms with Gasteiger partial charge in [0.1, 0.15) is 39.2 Å². The van der Waals surface area contributed by atoms with Gasteiger partial charge in [0.2, 0.25) is 0 Å². The average Bonchev–Trinajstić information content (AvgIpc) is 2.63. The molecule has 0 aromatic heterocycles. The van der Waals surface area contributed by atoms with E-state index in [0.29, 0.717) is 0 Å². The molecule has 0 unspecified atom stereocenters. The highest BCUT2D eigenvalue weighted by atomic mass is 14.9. The van der Waals surface area contributed by atoms with E-state index in [0.717, 1.165) is 5.69 Å². The normalized spacial score (nSPS) is 10.5. The molecular formula is C18H20B5N.